The van der Waals surface area contributed by atoms with Gasteiger partial charge in [0.25, 0.3) is 0 Å². The second kappa shape index (κ2) is 8.46. The average molecular weight is 371 g/mol. The molecule has 3 rings (SSSR count). The molecule has 1 fully saturated rings. The van der Waals surface area contributed by atoms with Gasteiger partial charge in [0.05, 0.1) is 6.54 Å². The Bertz CT molecular complexity index is 692. The van der Waals surface area contributed by atoms with E-state index in [1.807, 2.05) is 12.1 Å². The van der Waals surface area contributed by atoms with E-state index in [1.54, 1.807) is 12.1 Å². The van der Waals surface area contributed by atoms with E-state index < -0.39 is 0 Å². The van der Waals surface area contributed by atoms with Crippen LogP contribution in [0.15, 0.2) is 28.8 Å². The Hall–Kier alpha value is -1.63. The van der Waals surface area contributed by atoms with Crippen molar-refractivity contribution in [1.82, 2.24) is 20.8 Å². The predicted octanol–water partition coefficient (Wildman–Crippen LogP) is 2.82. The molecule has 24 heavy (non-hydrogen) atoms. The van der Waals surface area contributed by atoms with Gasteiger partial charge in [0.15, 0.2) is 0 Å². The lowest BCUT2D eigenvalue weighted by Gasteiger charge is -2.26. The standard InChI is InChI=1S/C16H19ClN4O2.ClH/c1-10-7-12(5-6-18-10)16(22)19-9-14-20-15(21-23-14)11-3-2-4-13(17)8-11;/h2-4,8,10,12,18H,5-7,9H2,1H3,(H,19,22);1H/t10-,12-;/m0./s1. The maximum atomic E-state index is 12.2. The van der Waals surface area contributed by atoms with Crippen molar-refractivity contribution in [3.05, 3.63) is 35.2 Å². The first-order chi connectivity index (χ1) is 11.1. The van der Waals surface area contributed by atoms with Crippen LogP contribution in [0.2, 0.25) is 5.02 Å². The third-order valence-corrected chi connectivity index (χ3v) is 4.19. The SMILES string of the molecule is C[C@H]1C[C@@H](C(=O)NCc2nc(-c3cccc(Cl)c3)no2)CCN1.Cl. The second-order valence-corrected chi connectivity index (χ2v) is 6.25. The van der Waals surface area contributed by atoms with Gasteiger partial charge in [-0.25, -0.2) is 0 Å². The molecule has 2 aromatic rings. The van der Waals surface area contributed by atoms with Crippen LogP contribution in [-0.2, 0) is 11.3 Å². The Morgan fingerprint density at radius 2 is 2.33 bits per heavy atom. The summed E-state index contributed by atoms with van der Waals surface area (Å²) in [5, 5.41) is 10.7. The number of benzene rings is 1. The number of halogens is 2. The molecule has 2 N–H and O–H groups in total. The third-order valence-electron chi connectivity index (χ3n) is 3.96. The molecule has 0 radical (unpaired) electrons. The van der Waals surface area contributed by atoms with E-state index in [4.69, 9.17) is 16.1 Å². The normalized spacial score (nSPS) is 20.2. The van der Waals surface area contributed by atoms with E-state index in [9.17, 15) is 4.79 Å². The van der Waals surface area contributed by atoms with Gasteiger partial charge in [0.1, 0.15) is 0 Å². The minimum Gasteiger partial charge on any atom is -0.347 e. The molecule has 1 aromatic carbocycles. The minimum atomic E-state index is 0. The zero-order valence-electron chi connectivity index (χ0n) is 13.3. The summed E-state index contributed by atoms with van der Waals surface area (Å²) in [6.45, 7) is 3.21. The van der Waals surface area contributed by atoms with Crippen LogP contribution in [0.25, 0.3) is 11.4 Å². The highest BCUT2D eigenvalue weighted by Crippen LogP contribution is 2.20. The number of carbonyl (C=O) groups excluding carboxylic acids is 1. The van der Waals surface area contributed by atoms with Crippen molar-refractivity contribution in [2.24, 2.45) is 5.92 Å². The Morgan fingerprint density at radius 3 is 3.08 bits per heavy atom. The first-order valence-electron chi connectivity index (χ1n) is 7.71. The smallest absolute Gasteiger partial charge is 0.246 e. The van der Waals surface area contributed by atoms with Gasteiger partial charge in [-0.15, -0.1) is 12.4 Å². The molecule has 2 heterocycles. The van der Waals surface area contributed by atoms with Gasteiger partial charge in [-0.05, 0) is 38.4 Å². The average Bonchev–Trinajstić information content (AvgIpc) is 3.01. The molecule has 1 aromatic heterocycles. The van der Waals surface area contributed by atoms with Crippen LogP contribution in [-0.4, -0.2) is 28.6 Å². The maximum Gasteiger partial charge on any atom is 0.246 e. The van der Waals surface area contributed by atoms with Gasteiger partial charge in [0.2, 0.25) is 17.6 Å². The molecule has 2 atom stereocenters. The van der Waals surface area contributed by atoms with Crippen LogP contribution in [0.4, 0.5) is 0 Å². The summed E-state index contributed by atoms with van der Waals surface area (Å²) >= 11 is 5.95. The predicted molar refractivity (Wildman–Crippen MR) is 94.0 cm³/mol. The number of piperidine rings is 1. The Balaban J connectivity index is 0.00000208. The lowest BCUT2D eigenvalue weighted by atomic mass is 9.92. The molecule has 1 amide bonds. The van der Waals surface area contributed by atoms with Crippen molar-refractivity contribution >= 4 is 29.9 Å². The number of hydrogen-bond donors (Lipinski definition) is 2. The molecule has 6 nitrogen and oxygen atoms in total. The van der Waals surface area contributed by atoms with E-state index >= 15 is 0 Å². The number of carbonyl (C=O) groups is 1. The molecule has 1 saturated heterocycles. The molecule has 130 valence electrons. The molecular formula is C16H20Cl2N4O2. The van der Waals surface area contributed by atoms with Gasteiger partial charge in [0, 0.05) is 22.5 Å². The van der Waals surface area contributed by atoms with Crippen LogP contribution in [0.1, 0.15) is 25.7 Å². The lowest BCUT2D eigenvalue weighted by molar-refractivity contribution is -0.126. The summed E-state index contributed by atoms with van der Waals surface area (Å²) in [5.74, 6) is 0.935. The van der Waals surface area contributed by atoms with Gasteiger partial charge >= 0.3 is 0 Å². The number of amides is 1. The number of hydrogen-bond acceptors (Lipinski definition) is 5. The molecule has 0 aliphatic carbocycles. The van der Waals surface area contributed by atoms with Gasteiger partial charge < -0.3 is 15.2 Å². The fourth-order valence-electron chi connectivity index (χ4n) is 2.75. The van der Waals surface area contributed by atoms with Crippen molar-refractivity contribution < 1.29 is 9.32 Å². The number of aromatic nitrogens is 2. The minimum absolute atomic E-state index is 0. The van der Waals surface area contributed by atoms with Crippen LogP contribution < -0.4 is 10.6 Å². The van der Waals surface area contributed by atoms with Crippen LogP contribution in [0, 0.1) is 5.92 Å². The van der Waals surface area contributed by atoms with E-state index in [-0.39, 0.29) is 30.8 Å². The molecule has 0 unspecified atom stereocenters. The first kappa shape index (κ1) is 18.7. The van der Waals surface area contributed by atoms with Gasteiger partial charge in [-0.1, -0.05) is 28.9 Å². The van der Waals surface area contributed by atoms with Crippen LogP contribution in [0.3, 0.4) is 0 Å². The number of rotatable bonds is 4. The van der Waals surface area contributed by atoms with E-state index in [0.29, 0.717) is 22.8 Å². The summed E-state index contributed by atoms with van der Waals surface area (Å²) in [7, 11) is 0. The lowest BCUT2D eigenvalue weighted by Crippen LogP contribution is -2.42. The zero-order valence-corrected chi connectivity index (χ0v) is 14.9. The van der Waals surface area contributed by atoms with Crippen molar-refractivity contribution in [3.8, 4) is 11.4 Å². The largest absolute Gasteiger partial charge is 0.347 e. The second-order valence-electron chi connectivity index (χ2n) is 5.82. The van der Waals surface area contributed by atoms with Crippen LogP contribution >= 0.6 is 24.0 Å². The molecule has 0 spiro atoms. The summed E-state index contributed by atoms with van der Waals surface area (Å²) in [6, 6.07) is 7.61. The van der Waals surface area contributed by atoms with E-state index in [2.05, 4.69) is 27.7 Å². The summed E-state index contributed by atoms with van der Waals surface area (Å²) in [6.07, 6.45) is 1.71. The quantitative estimate of drug-likeness (QED) is 0.864. The monoisotopic (exact) mass is 370 g/mol. The Morgan fingerprint density at radius 1 is 1.50 bits per heavy atom. The topological polar surface area (TPSA) is 80.1 Å². The number of nitrogens with one attached hydrogen (secondary N) is 2. The zero-order chi connectivity index (χ0) is 16.2. The molecule has 0 saturated carbocycles. The maximum absolute atomic E-state index is 12.2. The highest BCUT2D eigenvalue weighted by Gasteiger charge is 2.24. The van der Waals surface area contributed by atoms with Crippen LogP contribution in [0.5, 0.6) is 0 Å². The molecule has 1 aliphatic rings. The Labute approximate surface area is 151 Å². The fraction of sp³-hybridized carbons (Fsp3) is 0.438. The highest BCUT2D eigenvalue weighted by molar-refractivity contribution is 6.30. The first-order valence-corrected chi connectivity index (χ1v) is 8.09. The van der Waals surface area contributed by atoms with E-state index in [1.165, 1.54) is 0 Å². The Kier molecular flexibility index (Phi) is 6.60. The fourth-order valence-corrected chi connectivity index (χ4v) is 2.94. The molecular weight excluding hydrogens is 351 g/mol. The van der Waals surface area contributed by atoms with Crippen molar-refractivity contribution in [3.63, 3.8) is 0 Å². The van der Waals surface area contributed by atoms with E-state index in [0.717, 1.165) is 24.9 Å². The van der Waals surface area contributed by atoms with Gasteiger partial charge in [-0.3, -0.25) is 4.79 Å². The molecule has 0 bridgehead atoms. The summed E-state index contributed by atoms with van der Waals surface area (Å²) in [4.78, 5) is 16.5. The number of nitrogens with zero attached hydrogens (tertiary/aromatic N) is 2. The van der Waals surface area contributed by atoms with Crippen molar-refractivity contribution in [2.75, 3.05) is 6.54 Å². The van der Waals surface area contributed by atoms with Gasteiger partial charge in [-0.2, -0.15) is 4.98 Å². The van der Waals surface area contributed by atoms with Crippen molar-refractivity contribution in [1.29, 1.82) is 0 Å². The highest BCUT2D eigenvalue weighted by atomic mass is 35.5. The summed E-state index contributed by atoms with van der Waals surface area (Å²) in [5.41, 5.74) is 0.783. The third kappa shape index (κ3) is 4.69. The summed E-state index contributed by atoms with van der Waals surface area (Å²) < 4.78 is 5.19. The molecule has 1 aliphatic heterocycles. The van der Waals surface area contributed by atoms with Crippen molar-refractivity contribution in [2.45, 2.75) is 32.4 Å². The molecule has 8 heteroatoms.